The Bertz CT molecular complexity index is 4140. The van der Waals surface area contributed by atoms with Crippen LogP contribution in [0, 0.1) is 11.3 Å². The van der Waals surface area contributed by atoms with Crippen LogP contribution in [0.3, 0.4) is 0 Å². The first-order valence-electron chi connectivity index (χ1n) is 22.8. The maximum Gasteiger partial charge on any atom is 0.164 e. The zero-order valence-corrected chi connectivity index (χ0v) is 36.6. The van der Waals surface area contributed by atoms with Crippen LogP contribution in [-0.4, -0.2) is 24.1 Å². The van der Waals surface area contributed by atoms with Crippen LogP contribution in [0.4, 0.5) is 0 Å². The second-order valence-electron chi connectivity index (χ2n) is 17.1. The predicted octanol–water partition coefficient (Wildman–Crippen LogP) is 15.4. The zero-order chi connectivity index (χ0) is 45.1. The first-order chi connectivity index (χ1) is 33.7. The maximum absolute atomic E-state index is 11.2. The molecule has 316 valence electrons. The Morgan fingerprint density at radius 3 is 1.66 bits per heavy atom. The van der Waals surface area contributed by atoms with E-state index >= 15 is 0 Å². The smallest absolute Gasteiger partial charge is 0.164 e. The molecule has 0 bridgehead atoms. The fourth-order valence-electron chi connectivity index (χ4n) is 10.1. The highest BCUT2D eigenvalue weighted by atomic mass is 15.0. The molecule has 0 radical (unpaired) electrons. The van der Waals surface area contributed by atoms with E-state index in [0.717, 1.165) is 88.4 Å². The van der Waals surface area contributed by atoms with Crippen LogP contribution in [0.5, 0.6) is 0 Å². The molecule has 0 amide bonds. The average molecular weight is 867 g/mol. The topological polar surface area (TPSA) is 72.3 Å². The van der Waals surface area contributed by atoms with E-state index in [1.165, 1.54) is 10.8 Å². The molecule has 0 spiro atoms. The van der Waals surface area contributed by atoms with Gasteiger partial charge in [-0.1, -0.05) is 188 Å². The molecule has 13 rings (SSSR count). The number of hydrogen-bond acceptors (Lipinski definition) is 4. The van der Waals surface area contributed by atoms with Gasteiger partial charge in [0.05, 0.1) is 39.0 Å². The van der Waals surface area contributed by atoms with Crippen molar-refractivity contribution in [2.75, 3.05) is 0 Å². The van der Waals surface area contributed by atoms with E-state index in [1.807, 2.05) is 60.7 Å². The van der Waals surface area contributed by atoms with Crippen LogP contribution in [0.1, 0.15) is 5.56 Å². The van der Waals surface area contributed by atoms with Gasteiger partial charge in [0.2, 0.25) is 0 Å². The first kappa shape index (κ1) is 39.0. The van der Waals surface area contributed by atoms with Crippen molar-refractivity contribution >= 4 is 54.4 Å². The quantitative estimate of drug-likeness (QED) is 0.160. The number of aromatic nitrogens is 5. The summed E-state index contributed by atoms with van der Waals surface area (Å²) < 4.78 is 4.67. The van der Waals surface area contributed by atoms with Crippen molar-refractivity contribution in [3.8, 4) is 73.9 Å². The highest BCUT2D eigenvalue weighted by molar-refractivity contribution is 6.26. The monoisotopic (exact) mass is 866 g/mol. The van der Waals surface area contributed by atoms with E-state index in [9.17, 15) is 5.26 Å². The van der Waals surface area contributed by atoms with Crippen molar-refractivity contribution in [2.24, 2.45) is 0 Å². The van der Waals surface area contributed by atoms with E-state index in [-0.39, 0.29) is 0 Å². The van der Waals surface area contributed by atoms with Crippen LogP contribution >= 0.6 is 0 Å². The molecule has 0 unspecified atom stereocenters. The van der Waals surface area contributed by atoms with Crippen LogP contribution < -0.4 is 0 Å². The molecule has 0 N–H and O–H groups in total. The van der Waals surface area contributed by atoms with E-state index < -0.39 is 0 Å². The van der Waals surface area contributed by atoms with Crippen molar-refractivity contribution in [1.29, 1.82) is 5.26 Å². The minimum absolute atomic E-state index is 0.478. The minimum Gasteiger partial charge on any atom is -0.309 e. The number of benzene rings is 10. The van der Waals surface area contributed by atoms with Gasteiger partial charge in [-0.05, 0) is 70.1 Å². The standard InChI is InChI=1S/C62H38N6/c63-39-46-38-45(61-64-60(44-32-30-41(31-33-44)40-16-3-1-4-17-40)65-62(66-61)51-25-10-9-22-47(51)42-18-5-2-6-19-42)34-36-53(46)68-55-27-13-11-24-49(55)50-35-37-57-58(59(50)68)52-26-12-14-28-56(52)67(57)54-29-15-21-43-20-7-8-23-48(43)54/h1-38H. The summed E-state index contributed by atoms with van der Waals surface area (Å²) in [7, 11) is 0. The molecule has 3 aromatic heterocycles. The van der Waals surface area contributed by atoms with Gasteiger partial charge >= 0.3 is 0 Å². The third-order valence-corrected chi connectivity index (χ3v) is 13.2. The summed E-state index contributed by atoms with van der Waals surface area (Å²) in [6, 6.07) is 82.6. The lowest BCUT2D eigenvalue weighted by atomic mass is 9.99. The number of fused-ring (bicyclic) bond motifs is 8. The average Bonchev–Trinajstić information content (AvgIpc) is 3.94. The largest absolute Gasteiger partial charge is 0.309 e. The fourth-order valence-corrected chi connectivity index (χ4v) is 10.1. The van der Waals surface area contributed by atoms with Gasteiger partial charge in [-0.15, -0.1) is 0 Å². The Labute approximate surface area is 391 Å². The molecule has 68 heavy (non-hydrogen) atoms. The van der Waals surface area contributed by atoms with Crippen molar-refractivity contribution in [3.63, 3.8) is 0 Å². The van der Waals surface area contributed by atoms with Gasteiger partial charge in [0.15, 0.2) is 17.5 Å². The Morgan fingerprint density at radius 2 is 0.897 bits per heavy atom. The molecule has 6 nitrogen and oxygen atoms in total. The Hall–Kier alpha value is -9.44. The maximum atomic E-state index is 11.2. The van der Waals surface area contributed by atoms with Crippen LogP contribution in [0.15, 0.2) is 231 Å². The molecule has 0 atom stereocenters. The minimum atomic E-state index is 0.478. The van der Waals surface area contributed by atoms with Crippen molar-refractivity contribution in [1.82, 2.24) is 24.1 Å². The first-order valence-corrected chi connectivity index (χ1v) is 22.8. The predicted molar refractivity (Wildman–Crippen MR) is 278 cm³/mol. The van der Waals surface area contributed by atoms with Gasteiger partial charge in [-0.25, -0.2) is 15.0 Å². The molecular weight excluding hydrogens is 829 g/mol. The molecule has 0 saturated carbocycles. The summed E-state index contributed by atoms with van der Waals surface area (Å²) in [6.45, 7) is 0. The van der Waals surface area contributed by atoms with Gasteiger partial charge in [-0.3, -0.25) is 0 Å². The summed E-state index contributed by atoms with van der Waals surface area (Å²) in [5.41, 5.74) is 13.4. The van der Waals surface area contributed by atoms with Crippen LogP contribution in [0.25, 0.3) is 122 Å². The number of hydrogen-bond donors (Lipinski definition) is 0. The van der Waals surface area contributed by atoms with Crippen LogP contribution in [-0.2, 0) is 0 Å². The summed E-state index contributed by atoms with van der Waals surface area (Å²) in [5.74, 6) is 1.57. The Kier molecular flexibility index (Phi) is 9.12. The second-order valence-corrected chi connectivity index (χ2v) is 17.1. The van der Waals surface area contributed by atoms with Crippen molar-refractivity contribution in [2.45, 2.75) is 0 Å². The van der Waals surface area contributed by atoms with E-state index in [0.29, 0.717) is 28.6 Å². The van der Waals surface area contributed by atoms with Crippen molar-refractivity contribution < 1.29 is 0 Å². The highest BCUT2D eigenvalue weighted by Crippen LogP contribution is 2.44. The SMILES string of the molecule is N#Cc1cc(-c2nc(-c3ccc(-c4ccccc4)cc3)nc(-c3ccccc3-c3ccccc3)n2)ccc1-n1c2ccccc2c2ccc3c(c4ccccc4n3-c3cccc4ccccc34)c21. The molecule has 0 saturated heterocycles. The van der Waals surface area contributed by atoms with Gasteiger partial charge in [0, 0.05) is 43.6 Å². The molecule has 0 fully saturated rings. The lowest BCUT2D eigenvalue weighted by Gasteiger charge is -2.14. The van der Waals surface area contributed by atoms with E-state index in [4.69, 9.17) is 15.0 Å². The molecular formula is C62H38N6. The Balaban J connectivity index is 1.02. The molecule has 3 heterocycles. The van der Waals surface area contributed by atoms with Gasteiger partial charge in [0.1, 0.15) is 6.07 Å². The number of nitrogens with zero attached hydrogens (tertiary/aromatic N) is 6. The molecule has 0 aliphatic heterocycles. The van der Waals surface area contributed by atoms with Gasteiger partial charge < -0.3 is 9.13 Å². The lowest BCUT2D eigenvalue weighted by Crippen LogP contribution is -2.03. The normalized spacial score (nSPS) is 11.5. The molecule has 0 aliphatic rings. The highest BCUT2D eigenvalue weighted by Gasteiger charge is 2.24. The molecule has 10 aromatic carbocycles. The van der Waals surface area contributed by atoms with E-state index in [2.05, 4.69) is 185 Å². The van der Waals surface area contributed by atoms with Gasteiger partial charge in [0.25, 0.3) is 0 Å². The summed E-state index contributed by atoms with van der Waals surface area (Å²) in [5, 5.41) is 18.0. The molecule has 6 heteroatoms. The summed E-state index contributed by atoms with van der Waals surface area (Å²) >= 11 is 0. The molecule has 0 aliphatic carbocycles. The third-order valence-electron chi connectivity index (χ3n) is 13.2. The number of para-hydroxylation sites is 2. The third kappa shape index (κ3) is 6.29. The summed E-state index contributed by atoms with van der Waals surface area (Å²) in [4.78, 5) is 15.5. The molecule has 13 aromatic rings. The Morgan fingerprint density at radius 1 is 0.338 bits per heavy atom. The lowest BCUT2D eigenvalue weighted by molar-refractivity contribution is 1.07. The number of nitriles is 1. The summed E-state index contributed by atoms with van der Waals surface area (Å²) in [6.07, 6.45) is 0. The fraction of sp³-hybridized carbons (Fsp3) is 0. The van der Waals surface area contributed by atoms with Gasteiger partial charge in [-0.2, -0.15) is 5.26 Å². The van der Waals surface area contributed by atoms with Crippen LogP contribution in [0.2, 0.25) is 0 Å². The zero-order valence-electron chi connectivity index (χ0n) is 36.6. The number of rotatable bonds is 7. The van der Waals surface area contributed by atoms with E-state index in [1.54, 1.807) is 0 Å². The van der Waals surface area contributed by atoms with Crippen molar-refractivity contribution in [3.05, 3.63) is 236 Å². The second kappa shape index (κ2) is 15.9.